The molecule has 0 saturated heterocycles. The highest BCUT2D eigenvalue weighted by Crippen LogP contribution is 2.45. The average Bonchev–Trinajstić information content (AvgIpc) is 2.24. The maximum Gasteiger partial charge on any atom is 0.0604 e. The van der Waals surface area contributed by atoms with E-state index < -0.39 is 0 Å². The zero-order valence-corrected chi connectivity index (χ0v) is 8.18. The maximum absolute atomic E-state index is 5.45. The van der Waals surface area contributed by atoms with Gasteiger partial charge in [0.1, 0.15) is 0 Å². The molecule has 1 heteroatoms. The fourth-order valence-electron chi connectivity index (χ4n) is 2.50. The Balaban J connectivity index is 2.63. The fourth-order valence-corrected chi connectivity index (χ4v) is 2.50. The van der Waals surface area contributed by atoms with Gasteiger partial charge in [-0.1, -0.05) is 27.2 Å². The van der Waals surface area contributed by atoms with Crippen molar-refractivity contribution in [1.82, 2.24) is 0 Å². The van der Waals surface area contributed by atoms with Crippen molar-refractivity contribution in [2.24, 2.45) is 11.3 Å². The third kappa shape index (κ3) is 1.58. The molecule has 1 fully saturated rings. The summed E-state index contributed by atoms with van der Waals surface area (Å²) in [6.07, 6.45) is 4.35. The smallest absolute Gasteiger partial charge is 0.0604 e. The third-order valence-electron chi connectivity index (χ3n) is 3.27. The fraction of sp³-hybridized carbons (Fsp3) is 1.00. The van der Waals surface area contributed by atoms with Crippen LogP contribution in [0.15, 0.2) is 0 Å². The summed E-state index contributed by atoms with van der Waals surface area (Å²) >= 11 is 0. The Bertz CT molecular complexity index is 129. The Morgan fingerprint density at radius 3 is 2.45 bits per heavy atom. The second kappa shape index (κ2) is 3.14. The summed E-state index contributed by atoms with van der Waals surface area (Å²) in [5.41, 5.74) is 0.509. The van der Waals surface area contributed by atoms with Gasteiger partial charge in [-0.15, -0.1) is 0 Å². The third-order valence-corrected chi connectivity index (χ3v) is 3.27. The molecule has 0 aromatic rings. The van der Waals surface area contributed by atoms with Gasteiger partial charge in [0, 0.05) is 7.11 Å². The van der Waals surface area contributed by atoms with Gasteiger partial charge in [-0.2, -0.15) is 0 Å². The molecule has 11 heavy (non-hydrogen) atoms. The standard InChI is InChI=1S/C10H20O/c1-5-8-9(11-4)6-7-10(8,2)3/h8-9H,5-7H2,1-4H3. The summed E-state index contributed by atoms with van der Waals surface area (Å²) in [4.78, 5) is 0. The van der Waals surface area contributed by atoms with E-state index in [4.69, 9.17) is 4.74 Å². The molecule has 2 unspecified atom stereocenters. The van der Waals surface area contributed by atoms with E-state index in [9.17, 15) is 0 Å². The lowest BCUT2D eigenvalue weighted by Gasteiger charge is -2.28. The average molecular weight is 156 g/mol. The SMILES string of the molecule is CCC1C(OC)CCC1(C)C. The Kier molecular flexibility index (Phi) is 2.58. The first-order valence-electron chi connectivity index (χ1n) is 4.64. The Labute approximate surface area is 70.1 Å². The van der Waals surface area contributed by atoms with Crippen LogP contribution in [0.1, 0.15) is 40.0 Å². The van der Waals surface area contributed by atoms with Crippen molar-refractivity contribution in [1.29, 1.82) is 0 Å². The molecule has 0 spiro atoms. The number of hydrogen-bond acceptors (Lipinski definition) is 1. The number of hydrogen-bond donors (Lipinski definition) is 0. The number of rotatable bonds is 2. The van der Waals surface area contributed by atoms with Crippen LogP contribution in [-0.2, 0) is 4.74 Å². The molecule has 1 aliphatic carbocycles. The second-order valence-electron chi connectivity index (χ2n) is 4.32. The molecule has 0 heterocycles. The molecule has 66 valence electrons. The van der Waals surface area contributed by atoms with Gasteiger partial charge in [0.15, 0.2) is 0 Å². The maximum atomic E-state index is 5.45. The predicted octanol–water partition coefficient (Wildman–Crippen LogP) is 2.85. The molecular weight excluding hydrogens is 136 g/mol. The first-order valence-corrected chi connectivity index (χ1v) is 4.64. The van der Waals surface area contributed by atoms with Gasteiger partial charge < -0.3 is 4.74 Å². The van der Waals surface area contributed by atoms with E-state index >= 15 is 0 Å². The molecular formula is C10H20O. The van der Waals surface area contributed by atoms with E-state index in [1.165, 1.54) is 19.3 Å². The summed E-state index contributed by atoms with van der Waals surface area (Å²) in [6, 6.07) is 0. The van der Waals surface area contributed by atoms with Gasteiger partial charge in [0.25, 0.3) is 0 Å². The van der Waals surface area contributed by atoms with Crippen molar-refractivity contribution in [3.05, 3.63) is 0 Å². The monoisotopic (exact) mass is 156 g/mol. The van der Waals surface area contributed by atoms with Crippen LogP contribution in [0, 0.1) is 11.3 Å². The van der Waals surface area contributed by atoms with Crippen LogP contribution < -0.4 is 0 Å². The molecule has 1 aliphatic rings. The van der Waals surface area contributed by atoms with E-state index in [1.807, 2.05) is 7.11 Å². The minimum atomic E-state index is 0.509. The molecule has 1 rings (SSSR count). The highest BCUT2D eigenvalue weighted by molar-refractivity contribution is 4.90. The summed E-state index contributed by atoms with van der Waals surface area (Å²) in [6.45, 7) is 6.99. The van der Waals surface area contributed by atoms with Crippen LogP contribution in [0.3, 0.4) is 0 Å². The normalized spacial score (nSPS) is 36.0. The molecule has 2 atom stereocenters. The quantitative estimate of drug-likeness (QED) is 0.597. The first-order chi connectivity index (χ1) is 5.11. The van der Waals surface area contributed by atoms with Gasteiger partial charge in [-0.3, -0.25) is 0 Å². The molecule has 1 nitrogen and oxygen atoms in total. The van der Waals surface area contributed by atoms with Crippen molar-refractivity contribution in [2.45, 2.75) is 46.1 Å². The second-order valence-corrected chi connectivity index (χ2v) is 4.32. The lowest BCUT2D eigenvalue weighted by molar-refractivity contribution is 0.0440. The molecule has 0 aliphatic heterocycles. The minimum Gasteiger partial charge on any atom is -0.381 e. The van der Waals surface area contributed by atoms with Gasteiger partial charge in [0.2, 0.25) is 0 Å². The highest BCUT2D eigenvalue weighted by atomic mass is 16.5. The molecule has 0 aromatic carbocycles. The van der Waals surface area contributed by atoms with Crippen molar-refractivity contribution < 1.29 is 4.74 Å². The van der Waals surface area contributed by atoms with Gasteiger partial charge >= 0.3 is 0 Å². The predicted molar refractivity (Wildman–Crippen MR) is 47.6 cm³/mol. The van der Waals surface area contributed by atoms with Crippen LogP contribution in [0.25, 0.3) is 0 Å². The van der Waals surface area contributed by atoms with E-state index in [1.54, 1.807) is 0 Å². The van der Waals surface area contributed by atoms with Crippen LogP contribution in [-0.4, -0.2) is 13.2 Å². The zero-order chi connectivity index (χ0) is 8.48. The Morgan fingerprint density at radius 1 is 1.45 bits per heavy atom. The minimum absolute atomic E-state index is 0.509. The van der Waals surface area contributed by atoms with Gasteiger partial charge in [-0.25, -0.2) is 0 Å². The van der Waals surface area contributed by atoms with Crippen molar-refractivity contribution in [2.75, 3.05) is 7.11 Å². The largest absolute Gasteiger partial charge is 0.381 e. The molecule has 0 aromatic heterocycles. The molecule has 0 bridgehead atoms. The molecule has 1 saturated carbocycles. The van der Waals surface area contributed by atoms with Crippen LogP contribution in [0.5, 0.6) is 0 Å². The Morgan fingerprint density at radius 2 is 2.09 bits per heavy atom. The number of ether oxygens (including phenoxy) is 1. The number of methoxy groups -OCH3 is 1. The van der Waals surface area contributed by atoms with E-state index in [0.29, 0.717) is 11.5 Å². The first kappa shape index (κ1) is 9.05. The zero-order valence-electron chi connectivity index (χ0n) is 8.18. The van der Waals surface area contributed by atoms with Crippen LogP contribution in [0.2, 0.25) is 0 Å². The topological polar surface area (TPSA) is 9.23 Å². The van der Waals surface area contributed by atoms with Crippen LogP contribution >= 0.6 is 0 Å². The van der Waals surface area contributed by atoms with E-state index in [0.717, 1.165) is 5.92 Å². The van der Waals surface area contributed by atoms with Crippen molar-refractivity contribution in [3.8, 4) is 0 Å². The van der Waals surface area contributed by atoms with Crippen molar-refractivity contribution >= 4 is 0 Å². The highest BCUT2D eigenvalue weighted by Gasteiger charge is 2.40. The van der Waals surface area contributed by atoms with Crippen molar-refractivity contribution in [3.63, 3.8) is 0 Å². The lowest BCUT2D eigenvalue weighted by Crippen LogP contribution is -2.25. The Hall–Kier alpha value is -0.0400. The summed E-state index contributed by atoms with van der Waals surface area (Å²) in [7, 11) is 1.84. The van der Waals surface area contributed by atoms with Gasteiger partial charge in [-0.05, 0) is 24.2 Å². The lowest BCUT2D eigenvalue weighted by atomic mass is 9.80. The van der Waals surface area contributed by atoms with Crippen LogP contribution in [0.4, 0.5) is 0 Å². The summed E-state index contributed by atoms with van der Waals surface area (Å²) < 4.78 is 5.45. The molecule has 0 N–H and O–H groups in total. The summed E-state index contributed by atoms with van der Waals surface area (Å²) in [5, 5.41) is 0. The summed E-state index contributed by atoms with van der Waals surface area (Å²) in [5.74, 6) is 0.771. The van der Waals surface area contributed by atoms with Gasteiger partial charge in [0.05, 0.1) is 6.10 Å². The molecule has 0 radical (unpaired) electrons. The van der Waals surface area contributed by atoms with E-state index in [2.05, 4.69) is 20.8 Å². The van der Waals surface area contributed by atoms with E-state index in [-0.39, 0.29) is 0 Å². The molecule has 0 amide bonds.